The zero-order valence-electron chi connectivity index (χ0n) is 23.0. The van der Waals surface area contributed by atoms with Crippen molar-refractivity contribution in [2.75, 3.05) is 47.8 Å². The van der Waals surface area contributed by atoms with E-state index < -0.39 is 49.8 Å². The van der Waals surface area contributed by atoms with Gasteiger partial charge in [-0.25, -0.2) is 14.4 Å². The highest BCUT2D eigenvalue weighted by Crippen LogP contribution is 2.30. The minimum atomic E-state index is -1.62. The summed E-state index contributed by atoms with van der Waals surface area (Å²) >= 11 is 0. The van der Waals surface area contributed by atoms with Gasteiger partial charge in [0.2, 0.25) is 0 Å². The molecule has 0 spiro atoms. The third kappa shape index (κ3) is 7.52. The zero-order chi connectivity index (χ0) is 30.9. The van der Waals surface area contributed by atoms with E-state index in [0.29, 0.717) is 0 Å². The number of carbonyl (C=O) groups is 3. The second kappa shape index (κ2) is 13.9. The Labute approximate surface area is 240 Å². The van der Waals surface area contributed by atoms with Crippen molar-refractivity contribution in [3.05, 3.63) is 71.3 Å². The van der Waals surface area contributed by atoms with Gasteiger partial charge in [-0.15, -0.1) is 0 Å². The van der Waals surface area contributed by atoms with E-state index >= 15 is 0 Å². The van der Waals surface area contributed by atoms with Crippen LogP contribution in [0.25, 0.3) is 0 Å². The Balaban J connectivity index is 1.81. The summed E-state index contributed by atoms with van der Waals surface area (Å²) in [6.07, 6.45) is 0. The van der Waals surface area contributed by atoms with E-state index in [2.05, 4.69) is 0 Å². The number of hydrogen-bond donors (Lipinski definition) is 4. The van der Waals surface area contributed by atoms with Gasteiger partial charge in [0, 0.05) is 0 Å². The Morgan fingerprint density at radius 3 is 1.10 bits per heavy atom. The highest BCUT2D eigenvalue weighted by molar-refractivity contribution is 5.91. The first-order valence-corrected chi connectivity index (χ1v) is 12.3. The molecule has 224 valence electrons. The number of aromatic hydroxyl groups is 3. The molecule has 13 nitrogen and oxygen atoms in total. The van der Waals surface area contributed by atoms with Gasteiger partial charge in [0.1, 0.15) is 19.8 Å². The maximum atomic E-state index is 12.8. The van der Waals surface area contributed by atoms with Gasteiger partial charge in [-0.1, -0.05) is 0 Å². The van der Waals surface area contributed by atoms with Crippen molar-refractivity contribution in [2.24, 2.45) is 5.41 Å². The summed E-state index contributed by atoms with van der Waals surface area (Å²) in [6, 6.07) is 11.3. The molecular formula is C29H30O13. The number of phenolic OH excluding ortho intramolecular Hbond substituents is 3. The van der Waals surface area contributed by atoms with Crippen molar-refractivity contribution in [2.45, 2.75) is 0 Å². The number of rotatable bonds is 13. The summed E-state index contributed by atoms with van der Waals surface area (Å²) in [5.41, 5.74) is -1.59. The summed E-state index contributed by atoms with van der Waals surface area (Å²) < 4.78 is 31.1. The predicted molar refractivity (Wildman–Crippen MR) is 144 cm³/mol. The van der Waals surface area contributed by atoms with E-state index in [1.807, 2.05) is 0 Å². The first-order chi connectivity index (χ1) is 20.1. The Bertz CT molecular complexity index is 1270. The molecule has 4 N–H and O–H groups in total. The lowest BCUT2D eigenvalue weighted by Crippen LogP contribution is -2.42. The average molecular weight is 587 g/mol. The van der Waals surface area contributed by atoms with Crippen LogP contribution in [0.2, 0.25) is 0 Å². The van der Waals surface area contributed by atoms with Crippen molar-refractivity contribution in [3.63, 3.8) is 0 Å². The second-order valence-corrected chi connectivity index (χ2v) is 9.05. The lowest BCUT2D eigenvalue weighted by Gasteiger charge is -2.30. The molecule has 0 aliphatic carbocycles. The molecule has 0 aliphatic heterocycles. The minimum absolute atomic E-state index is 0.0119. The molecular weight excluding hydrogens is 556 g/mol. The molecule has 3 aromatic carbocycles. The number of esters is 3. The molecule has 0 amide bonds. The SMILES string of the molecule is COc1cc(C(=O)OCC(CO)(COC(=O)c2ccc(O)c(OC)c2)COC(=O)c2ccc(O)c(OC)c2)ccc1O. The number of aliphatic hydroxyl groups is 1. The summed E-state index contributed by atoms with van der Waals surface area (Å²) in [6.45, 7) is -2.45. The Kier molecular flexibility index (Phi) is 10.4. The van der Waals surface area contributed by atoms with Crippen LogP contribution < -0.4 is 14.2 Å². The minimum Gasteiger partial charge on any atom is -0.504 e. The van der Waals surface area contributed by atoms with E-state index in [1.165, 1.54) is 75.9 Å². The van der Waals surface area contributed by atoms with Crippen LogP contribution in [-0.4, -0.2) is 86.1 Å². The molecule has 0 bridgehead atoms. The van der Waals surface area contributed by atoms with Crippen LogP contribution in [0.5, 0.6) is 34.5 Å². The van der Waals surface area contributed by atoms with Crippen LogP contribution in [0, 0.1) is 5.41 Å². The van der Waals surface area contributed by atoms with Crippen LogP contribution in [0.4, 0.5) is 0 Å². The lowest BCUT2D eigenvalue weighted by molar-refractivity contribution is -0.0587. The summed E-state index contributed by atoms with van der Waals surface area (Å²) in [5.74, 6) is -3.13. The van der Waals surface area contributed by atoms with E-state index in [1.54, 1.807) is 0 Å². The van der Waals surface area contributed by atoms with Crippen LogP contribution in [0.1, 0.15) is 31.1 Å². The van der Waals surface area contributed by atoms with E-state index in [4.69, 9.17) is 28.4 Å². The Morgan fingerprint density at radius 2 is 0.857 bits per heavy atom. The highest BCUT2D eigenvalue weighted by Gasteiger charge is 2.36. The predicted octanol–water partition coefficient (Wildman–Crippen LogP) is 2.68. The normalized spacial score (nSPS) is 10.9. The molecule has 0 radical (unpaired) electrons. The first-order valence-electron chi connectivity index (χ1n) is 12.3. The van der Waals surface area contributed by atoms with Gasteiger partial charge in [-0.3, -0.25) is 0 Å². The fourth-order valence-electron chi connectivity index (χ4n) is 3.58. The van der Waals surface area contributed by atoms with Crippen molar-refractivity contribution in [1.29, 1.82) is 0 Å². The van der Waals surface area contributed by atoms with Crippen LogP contribution in [-0.2, 0) is 14.2 Å². The van der Waals surface area contributed by atoms with Gasteiger partial charge in [-0.05, 0) is 54.6 Å². The molecule has 0 aromatic heterocycles. The van der Waals surface area contributed by atoms with Gasteiger partial charge in [-0.2, -0.15) is 0 Å². The monoisotopic (exact) mass is 586 g/mol. The molecule has 0 heterocycles. The number of carbonyl (C=O) groups excluding carboxylic acids is 3. The molecule has 0 saturated heterocycles. The maximum absolute atomic E-state index is 12.8. The number of ether oxygens (including phenoxy) is 6. The molecule has 3 aromatic rings. The number of phenols is 3. The Hall–Kier alpha value is -5.17. The third-order valence-corrected chi connectivity index (χ3v) is 6.11. The van der Waals surface area contributed by atoms with Crippen molar-refractivity contribution in [1.82, 2.24) is 0 Å². The van der Waals surface area contributed by atoms with Crippen molar-refractivity contribution >= 4 is 17.9 Å². The van der Waals surface area contributed by atoms with Gasteiger partial charge < -0.3 is 48.8 Å². The lowest BCUT2D eigenvalue weighted by atomic mass is 9.92. The topological polar surface area (TPSA) is 188 Å². The van der Waals surface area contributed by atoms with Crippen LogP contribution in [0.3, 0.4) is 0 Å². The maximum Gasteiger partial charge on any atom is 0.338 e. The largest absolute Gasteiger partial charge is 0.504 e. The molecule has 3 rings (SSSR count). The van der Waals surface area contributed by atoms with E-state index in [0.717, 1.165) is 0 Å². The Morgan fingerprint density at radius 1 is 0.571 bits per heavy atom. The first kappa shape index (κ1) is 31.4. The number of hydrogen-bond acceptors (Lipinski definition) is 13. The third-order valence-electron chi connectivity index (χ3n) is 6.11. The van der Waals surface area contributed by atoms with E-state index in [-0.39, 0.29) is 51.2 Å². The smallest absolute Gasteiger partial charge is 0.338 e. The fraction of sp³-hybridized carbons (Fsp3) is 0.276. The number of aliphatic hydroxyl groups excluding tert-OH is 1. The molecule has 0 saturated carbocycles. The van der Waals surface area contributed by atoms with Crippen molar-refractivity contribution < 1.29 is 63.2 Å². The quantitative estimate of drug-likeness (QED) is 0.169. The zero-order valence-corrected chi connectivity index (χ0v) is 23.0. The summed E-state index contributed by atoms with van der Waals surface area (Å²) in [5, 5.41) is 39.7. The number of benzene rings is 3. The second-order valence-electron chi connectivity index (χ2n) is 9.05. The van der Waals surface area contributed by atoms with Crippen molar-refractivity contribution in [3.8, 4) is 34.5 Å². The average Bonchev–Trinajstić information content (AvgIpc) is 3.01. The number of methoxy groups -OCH3 is 3. The molecule has 0 atom stereocenters. The molecule has 0 unspecified atom stereocenters. The fourth-order valence-corrected chi connectivity index (χ4v) is 3.58. The van der Waals surface area contributed by atoms with Gasteiger partial charge >= 0.3 is 17.9 Å². The summed E-state index contributed by atoms with van der Waals surface area (Å²) in [7, 11) is 3.91. The van der Waals surface area contributed by atoms with Gasteiger partial charge in [0.15, 0.2) is 34.5 Å². The molecule has 13 heteroatoms. The van der Waals surface area contributed by atoms with Gasteiger partial charge in [0.05, 0.1) is 50.0 Å². The highest BCUT2D eigenvalue weighted by atomic mass is 16.6. The van der Waals surface area contributed by atoms with Gasteiger partial charge in [0.25, 0.3) is 0 Å². The van der Waals surface area contributed by atoms with E-state index in [9.17, 15) is 34.8 Å². The molecule has 0 aliphatic rings. The molecule has 42 heavy (non-hydrogen) atoms. The van der Waals surface area contributed by atoms with Crippen LogP contribution >= 0.6 is 0 Å². The summed E-state index contributed by atoms with van der Waals surface area (Å²) in [4.78, 5) is 38.3. The van der Waals surface area contributed by atoms with Crippen LogP contribution in [0.15, 0.2) is 54.6 Å². The molecule has 0 fully saturated rings. The standard InChI is InChI=1S/C29H30O13/c1-37-23-10-17(4-7-20(23)31)26(34)40-14-29(13-30,15-41-27(35)18-5-8-21(32)24(11-18)38-2)16-42-28(36)19-6-9-22(33)25(12-19)39-3/h4-12,30-33H,13-16H2,1-3H3.